The van der Waals surface area contributed by atoms with Crippen molar-refractivity contribution in [1.82, 2.24) is 20.3 Å². The lowest BCUT2D eigenvalue weighted by Gasteiger charge is -2.16. The molecular weight excluding hydrogens is 391 g/mol. The second kappa shape index (κ2) is 8.79. The van der Waals surface area contributed by atoms with Gasteiger partial charge >= 0.3 is 0 Å². The second-order valence-corrected chi connectivity index (χ2v) is 6.32. The number of anilines is 1. The van der Waals surface area contributed by atoms with Gasteiger partial charge in [0, 0.05) is 10.6 Å². The highest BCUT2D eigenvalue weighted by molar-refractivity contribution is 6.32. The van der Waals surface area contributed by atoms with Gasteiger partial charge in [-0.15, -0.1) is 4.79 Å². The Kier molecular flexibility index (Phi) is 6.20. The average molecular weight is 409 g/mol. The van der Waals surface area contributed by atoms with Gasteiger partial charge in [0.1, 0.15) is 6.61 Å². The fourth-order valence-electron chi connectivity index (χ4n) is 2.36. The monoisotopic (exact) mass is 408 g/mol. The van der Waals surface area contributed by atoms with Crippen molar-refractivity contribution >= 4 is 29.2 Å². The minimum atomic E-state index is 0.158. The normalized spacial score (nSPS) is 10.6. The maximum atomic E-state index is 6.43. The molecule has 3 N–H and O–H groups in total. The van der Waals surface area contributed by atoms with Crippen LogP contribution in [0, 0.1) is 0 Å². The first-order chi connectivity index (χ1) is 13.1. The highest BCUT2D eigenvalue weighted by Gasteiger charge is 2.14. The van der Waals surface area contributed by atoms with Gasteiger partial charge in [-0.2, -0.15) is 0 Å². The van der Waals surface area contributed by atoms with E-state index in [9.17, 15) is 0 Å². The fraction of sp³-hybridized carbons (Fsp3) is 0.235. The Bertz CT molecular complexity index is 918. The lowest BCUT2D eigenvalue weighted by Crippen LogP contribution is -2.18. The molecule has 0 bridgehead atoms. The van der Waals surface area contributed by atoms with E-state index >= 15 is 0 Å². The molecule has 0 radical (unpaired) electrons. The van der Waals surface area contributed by atoms with Crippen molar-refractivity contribution in [2.24, 2.45) is 0 Å². The number of benzene rings is 2. The minimum Gasteiger partial charge on any atom is -0.490 e. The molecule has 0 unspecified atom stereocenters. The Labute approximate surface area is 166 Å². The number of tetrazole rings is 1. The summed E-state index contributed by atoms with van der Waals surface area (Å²) in [6.45, 7) is 3.02. The molecule has 0 aliphatic heterocycles. The Morgan fingerprint density at radius 3 is 2.67 bits per heavy atom. The van der Waals surface area contributed by atoms with Crippen molar-refractivity contribution in [3.8, 4) is 11.5 Å². The predicted octanol–water partition coefficient (Wildman–Crippen LogP) is 3.28. The number of nitrogens with two attached hydrogens (primary N) is 1. The fourth-order valence-corrected chi connectivity index (χ4v) is 2.84. The molecule has 0 aliphatic carbocycles. The summed E-state index contributed by atoms with van der Waals surface area (Å²) in [5.74, 6) is 1.16. The SMILES string of the molecule is CCOc1cc(CNn2nnnc2N)cc(Cl)c1OCc1ccccc1Cl. The van der Waals surface area contributed by atoms with E-state index in [1.165, 1.54) is 4.79 Å². The largest absolute Gasteiger partial charge is 0.490 e. The van der Waals surface area contributed by atoms with Crippen LogP contribution in [0.5, 0.6) is 11.5 Å². The molecule has 1 heterocycles. The van der Waals surface area contributed by atoms with E-state index in [-0.39, 0.29) is 12.6 Å². The van der Waals surface area contributed by atoms with Crippen LogP contribution in [0.2, 0.25) is 10.0 Å². The van der Waals surface area contributed by atoms with Gasteiger partial charge in [0.25, 0.3) is 5.95 Å². The van der Waals surface area contributed by atoms with Crippen LogP contribution in [-0.4, -0.2) is 26.9 Å². The van der Waals surface area contributed by atoms with Crippen LogP contribution in [0.1, 0.15) is 18.1 Å². The van der Waals surface area contributed by atoms with Gasteiger partial charge in [-0.1, -0.05) is 46.5 Å². The molecule has 0 amide bonds. The Morgan fingerprint density at radius 1 is 1.15 bits per heavy atom. The zero-order valence-electron chi connectivity index (χ0n) is 14.5. The van der Waals surface area contributed by atoms with Crippen LogP contribution in [0.4, 0.5) is 5.95 Å². The summed E-state index contributed by atoms with van der Waals surface area (Å²) in [7, 11) is 0. The zero-order valence-corrected chi connectivity index (χ0v) is 16.0. The van der Waals surface area contributed by atoms with E-state index in [0.29, 0.717) is 34.7 Å². The molecule has 27 heavy (non-hydrogen) atoms. The highest BCUT2D eigenvalue weighted by atomic mass is 35.5. The van der Waals surface area contributed by atoms with Gasteiger partial charge in [0.05, 0.1) is 18.2 Å². The van der Waals surface area contributed by atoms with Crippen molar-refractivity contribution in [3.63, 3.8) is 0 Å². The molecule has 0 spiro atoms. The van der Waals surface area contributed by atoms with Crippen LogP contribution in [0.15, 0.2) is 36.4 Å². The predicted molar refractivity (Wildman–Crippen MR) is 104 cm³/mol. The summed E-state index contributed by atoms with van der Waals surface area (Å²) in [5.41, 5.74) is 10.3. The second-order valence-electron chi connectivity index (χ2n) is 5.50. The first kappa shape index (κ1) is 19.1. The van der Waals surface area contributed by atoms with Gasteiger partial charge in [-0.05, 0) is 41.1 Å². The van der Waals surface area contributed by atoms with Crippen LogP contribution >= 0.6 is 23.2 Å². The Balaban J connectivity index is 1.77. The van der Waals surface area contributed by atoms with E-state index in [1.807, 2.05) is 37.3 Å². The first-order valence-corrected chi connectivity index (χ1v) is 8.93. The minimum absolute atomic E-state index is 0.158. The van der Waals surface area contributed by atoms with Crippen LogP contribution < -0.4 is 20.6 Å². The Hall–Kier alpha value is -2.71. The summed E-state index contributed by atoms with van der Waals surface area (Å²) >= 11 is 12.6. The van der Waals surface area contributed by atoms with Crippen molar-refractivity contribution < 1.29 is 9.47 Å². The summed E-state index contributed by atoms with van der Waals surface area (Å²) in [5, 5.41) is 11.8. The molecule has 0 saturated carbocycles. The number of nitrogen functional groups attached to an aromatic ring is 1. The van der Waals surface area contributed by atoms with E-state index in [2.05, 4.69) is 21.0 Å². The molecule has 0 saturated heterocycles. The number of hydrogen-bond acceptors (Lipinski definition) is 7. The number of halogens is 2. The molecule has 10 heteroatoms. The molecule has 3 rings (SSSR count). The third kappa shape index (κ3) is 4.72. The third-order valence-electron chi connectivity index (χ3n) is 3.63. The van der Waals surface area contributed by atoms with Crippen LogP contribution in [0.25, 0.3) is 0 Å². The molecule has 1 aromatic heterocycles. The molecular formula is C17H18Cl2N6O2. The Morgan fingerprint density at radius 2 is 1.96 bits per heavy atom. The van der Waals surface area contributed by atoms with Gasteiger partial charge < -0.3 is 20.6 Å². The maximum Gasteiger partial charge on any atom is 0.260 e. The quantitative estimate of drug-likeness (QED) is 0.589. The number of nitrogens with one attached hydrogen (secondary N) is 1. The third-order valence-corrected chi connectivity index (χ3v) is 4.28. The van der Waals surface area contributed by atoms with E-state index in [4.69, 9.17) is 38.4 Å². The molecule has 8 nitrogen and oxygen atoms in total. The molecule has 142 valence electrons. The number of aromatic nitrogens is 4. The molecule has 0 atom stereocenters. The van der Waals surface area contributed by atoms with Gasteiger partial charge in [-0.3, -0.25) is 0 Å². The molecule has 0 aliphatic rings. The number of rotatable bonds is 8. The molecule has 3 aromatic rings. The lowest BCUT2D eigenvalue weighted by atomic mass is 10.2. The van der Waals surface area contributed by atoms with Crippen molar-refractivity contribution in [1.29, 1.82) is 0 Å². The van der Waals surface area contributed by atoms with Crippen molar-refractivity contribution in [2.45, 2.75) is 20.1 Å². The number of nitrogens with zero attached hydrogens (tertiary/aromatic N) is 4. The van der Waals surface area contributed by atoms with Gasteiger partial charge in [-0.25, -0.2) is 0 Å². The van der Waals surface area contributed by atoms with E-state index in [0.717, 1.165) is 11.1 Å². The molecule has 0 fully saturated rings. The highest BCUT2D eigenvalue weighted by Crippen LogP contribution is 2.37. The smallest absolute Gasteiger partial charge is 0.260 e. The van der Waals surface area contributed by atoms with Crippen LogP contribution in [0.3, 0.4) is 0 Å². The summed E-state index contributed by atoms with van der Waals surface area (Å²) in [6.07, 6.45) is 0. The zero-order chi connectivity index (χ0) is 19.2. The maximum absolute atomic E-state index is 6.43. The van der Waals surface area contributed by atoms with Crippen molar-refractivity contribution in [2.75, 3.05) is 17.8 Å². The van der Waals surface area contributed by atoms with Gasteiger partial charge in [0.15, 0.2) is 11.5 Å². The van der Waals surface area contributed by atoms with Crippen LogP contribution in [-0.2, 0) is 13.2 Å². The number of hydrogen-bond donors (Lipinski definition) is 2. The summed E-state index contributed by atoms with van der Waals surface area (Å²) in [4.78, 5) is 1.27. The molecule has 2 aromatic carbocycles. The first-order valence-electron chi connectivity index (χ1n) is 8.17. The van der Waals surface area contributed by atoms with Gasteiger partial charge in [0.2, 0.25) is 0 Å². The number of ether oxygens (including phenoxy) is 2. The lowest BCUT2D eigenvalue weighted by molar-refractivity contribution is 0.269. The topological polar surface area (TPSA) is 100 Å². The van der Waals surface area contributed by atoms with E-state index < -0.39 is 0 Å². The van der Waals surface area contributed by atoms with Crippen molar-refractivity contribution in [3.05, 3.63) is 57.6 Å². The van der Waals surface area contributed by atoms with E-state index in [1.54, 1.807) is 6.07 Å². The average Bonchev–Trinajstić information content (AvgIpc) is 3.06. The summed E-state index contributed by atoms with van der Waals surface area (Å²) < 4.78 is 11.6. The standard InChI is InChI=1S/C17H18Cl2N6O2/c1-2-26-15-8-11(9-21-25-17(20)22-23-24-25)7-14(19)16(15)27-10-12-5-3-4-6-13(12)18/h3-8,21H,2,9-10H2,1H3,(H2,20,22,24). The summed E-state index contributed by atoms with van der Waals surface area (Å²) in [6, 6.07) is 11.1.